The molecule has 3 aliphatic rings. The summed E-state index contributed by atoms with van der Waals surface area (Å²) in [6.07, 6.45) is 2.10. The topological polar surface area (TPSA) is 92.3 Å². The molecule has 3 aliphatic heterocycles. The minimum atomic E-state index is -2.53. The van der Waals surface area contributed by atoms with E-state index in [1.165, 1.54) is 0 Å². The van der Waals surface area contributed by atoms with Gasteiger partial charge in [0.2, 0.25) is 8.32 Å². The minimum Gasteiger partial charge on any atom is -0.410 e. The van der Waals surface area contributed by atoms with E-state index in [4.69, 9.17) is 47.1 Å². The molecule has 0 amide bonds. The van der Waals surface area contributed by atoms with Gasteiger partial charge in [-0.15, -0.1) is 0 Å². The largest absolute Gasteiger partial charge is 0.410 e. The van der Waals surface area contributed by atoms with Gasteiger partial charge in [-0.25, -0.2) is 0 Å². The highest BCUT2D eigenvalue weighted by molar-refractivity contribution is 6.77. The molecule has 5 aromatic rings. The molecule has 0 radical (unpaired) electrons. The lowest BCUT2D eigenvalue weighted by Gasteiger charge is -2.55. The van der Waals surface area contributed by atoms with E-state index in [9.17, 15) is 0 Å². The normalized spacial score (nSPS) is 26.4. The van der Waals surface area contributed by atoms with Crippen LogP contribution >= 0.6 is 0 Å². The summed E-state index contributed by atoms with van der Waals surface area (Å²) >= 11 is 0. The van der Waals surface area contributed by atoms with Crippen LogP contribution in [0.3, 0.4) is 0 Å². The average molecular weight is 1030 g/mol. The van der Waals surface area contributed by atoms with Crippen molar-refractivity contribution in [1.29, 1.82) is 0 Å². The number of rotatable bonds is 25. The first-order chi connectivity index (χ1) is 36.0. The second-order valence-electron chi connectivity index (χ2n) is 21.4. The van der Waals surface area contributed by atoms with Crippen LogP contribution in [0.4, 0.5) is 0 Å². The molecule has 0 aromatic heterocycles. The molecule has 10 atom stereocenters. The van der Waals surface area contributed by atoms with Crippen molar-refractivity contribution in [2.45, 2.75) is 178 Å². The van der Waals surface area contributed by atoms with Gasteiger partial charge in [-0.05, 0) is 57.8 Å². The van der Waals surface area contributed by atoms with E-state index in [0.717, 1.165) is 27.8 Å². The summed E-state index contributed by atoms with van der Waals surface area (Å²) in [5, 5.41) is 0. The Morgan fingerprint density at radius 1 is 0.554 bits per heavy atom. The van der Waals surface area contributed by atoms with Crippen molar-refractivity contribution in [2.75, 3.05) is 19.8 Å². The van der Waals surface area contributed by atoms with Crippen molar-refractivity contribution in [3.63, 3.8) is 0 Å². The third-order valence-electron chi connectivity index (χ3n) is 15.3. The van der Waals surface area contributed by atoms with Gasteiger partial charge in [-0.3, -0.25) is 0 Å². The third kappa shape index (κ3) is 15.0. The molecule has 0 bridgehead atoms. The van der Waals surface area contributed by atoms with Gasteiger partial charge in [0.25, 0.3) is 0 Å². The van der Waals surface area contributed by atoms with Crippen LogP contribution in [0.2, 0.25) is 16.6 Å². The number of benzene rings is 5. The molecule has 398 valence electrons. The highest BCUT2D eigenvalue weighted by atomic mass is 28.4. The Hall–Kier alpha value is -4.34. The Balaban J connectivity index is 1.08. The average Bonchev–Trinajstić information content (AvgIpc) is 3.41. The first kappa shape index (κ1) is 55.9. The van der Waals surface area contributed by atoms with Crippen molar-refractivity contribution in [3.8, 4) is 0 Å². The van der Waals surface area contributed by atoms with E-state index in [2.05, 4.69) is 133 Å². The summed E-state index contributed by atoms with van der Waals surface area (Å²) in [6, 6.07) is 51.4. The summed E-state index contributed by atoms with van der Waals surface area (Å²) in [6.45, 7) is 19.3. The van der Waals surface area contributed by atoms with Gasteiger partial charge < -0.3 is 47.1 Å². The Kier molecular flexibility index (Phi) is 20.9. The fourth-order valence-corrected chi connectivity index (χ4v) is 17.0. The number of hydrogen-bond donors (Lipinski definition) is 0. The molecular formula is C63H82O10Si. The fraction of sp³-hybridized carbons (Fsp3) is 0.492. The maximum Gasteiger partial charge on any atom is 0.200 e. The summed E-state index contributed by atoms with van der Waals surface area (Å²) in [5.74, 6) is 0. The summed E-state index contributed by atoms with van der Waals surface area (Å²) < 4.78 is 70.0. The summed E-state index contributed by atoms with van der Waals surface area (Å²) in [4.78, 5) is 0. The molecule has 74 heavy (non-hydrogen) atoms. The van der Waals surface area contributed by atoms with Crippen molar-refractivity contribution >= 4 is 8.32 Å². The van der Waals surface area contributed by atoms with Crippen molar-refractivity contribution in [1.82, 2.24) is 0 Å². The van der Waals surface area contributed by atoms with Crippen molar-refractivity contribution < 1.29 is 47.1 Å². The molecule has 11 heteroatoms. The van der Waals surface area contributed by atoms with Crippen LogP contribution in [0.5, 0.6) is 0 Å². The standard InChI is InChI=1S/C63H82O10Si/c1-46(2)74(47(3)4,48(5)6)73-61-36-56(67-41-52-30-19-11-20-31-52)59(44-65-39-50-26-15-9-16-27-50)72-63(61,7)60(68-42-53-32-21-12-22-33-53)37-62-69-45-58-55(71-62)35-23-34-54(66-40-51-28-17-10-18-29-51)57(70-58)43-64-38-49-24-13-8-14-25-49/h8-33,35,46-48,54-62H,34,36-45H2,1-7H3/b35-23-/t54-,55+,56+,57+,58-,59-,60-,61-,62-,63+/m1/s1. The van der Waals surface area contributed by atoms with Gasteiger partial charge in [0.05, 0.1) is 77.3 Å². The lowest BCUT2D eigenvalue weighted by molar-refractivity contribution is -0.303. The summed E-state index contributed by atoms with van der Waals surface area (Å²) in [7, 11) is -2.53. The fourth-order valence-electron chi connectivity index (χ4n) is 11.3. The van der Waals surface area contributed by atoms with Gasteiger partial charge in [-0.2, -0.15) is 0 Å². The zero-order chi connectivity index (χ0) is 51.8. The molecule has 2 fully saturated rings. The van der Waals surface area contributed by atoms with Crippen LogP contribution in [0, 0.1) is 0 Å². The van der Waals surface area contributed by atoms with Gasteiger partial charge in [0, 0.05) is 12.8 Å². The SMILES string of the molecule is CC(C)[Si](O[C@@H]1C[C@H](OCc2ccccc2)[C@@H](COCc2ccccc2)O[C@@]1(C)[C@@H](C[C@@H]1OC[C@H]2O[C@@H](COCc3ccccc3)[C@H](OCc3ccccc3)C/C=C\[C@@H]2O1)OCc1ccccc1)(C(C)C)C(C)C. The van der Waals surface area contributed by atoms with Gasteiger partial charge in [-0.1, -0.05) is 205 Å². The molecule has 3 heterocycles. The van der Waals surface area contributed by atoms with Crippen LogP contribution < -0.4 is 0 Å². The minimum absolute atomic E-state index is 0.250. The van der Waals surface area contributed by atoms with E-state index in [1.54, 1.807) is 0 Å². The smallest absolute Gasteiger partial charge is 0.200 e. The third-order valence-corrected chi connectivity index (χ3v) is 21.4. The zero-order valence-corrected chi connectivity index (χ0v) is 45.9. The van der Waals surface area contributed by atoms with Gasteiger partial charge >= 0.3 is 0 Å². The summed E-state index contributed by atoms with van der Waals surface area (Å²) in [5.41, 5.74) is 5.44. The monoisotopic (exact) mass is 1030 g/mol. The zero-order valence-electron chi connectivity index (χ0n) is 44.9. The Morgan fingerprint density at radius 2 is 1.01 bits per heavy atom. The maximum atomic E-state index is 7.93. The van der Waals surface area contributed by atoms with E-state index in [-0.39, 0.29) is 24.4 Å². The number of ether oxygens (including phenoxy) is 9. The first-order valence-electron chi connectivity index (χ1n) is 27.1. The van der Waals surface area contributed by atoms with Crippen LogP contribution in [0.1, 0.15) is 95.5 Å². The van der Waals surface area contributed by atoms with Crippen LogP contribution in [0.15, 0.2) is 164 Å². The second kappa shape index (κ2) is 27.6. The van der Waals surface area contributed by atoms with E-state index < -0.39 is 44.6 Å². The Labute approximate surface area is 443 Å². The van der Waals surface area contributed by atoms with E-state index in [1.807, 2.05) is 78.9 Å². The lowest BCUT2D eigenvalue weighted by Crippen LogP contribution is -2.66. The molecule has 5 aromatic carbocycles. The molecule has 8 rings (SSSR count). The van der Waals surface area contributed by atoms with Crippen LogP contribution in [0.25, 0.3) is 0 Å². The maximum absolute atomic E-state index is 7.93. The molecule has 0 N–H and O–H groups in total. The second-order valence-corrected chi connectivity index (χ2v) is 26.8. The van der Waals surface area contributed by atoms with Crippen molar-refractivity contribution in [2.24, 2.45) is 0 Å². The Bertz CT molecular complexity index is 2350. The predicted molar refractivity (Wildman–Crippen MR) is 293 cm³/mol. The molecule has 0 aliphatic carbocycles. The van der Waals surface area contributed by atoms with E-state index in [0.29, 0.717) is 88.7 Å². The van der Waals surface area contributed by atoms with Gasteiger partial charge in [0.1, 0.15) is 30.0 Å². The molecule has 0 unspecified atom stereocenters. The number of hydrogen-bond acceptors (Lipinski definition) is 10. The van der Waals surface area contributed by atoms with E-state index >= 15 is 0 Å². The van der Waals surface area contributed by atoms with Crippen molar-refractivity contribution in [3.05, 3.63) is 192 Å². The molecule has 10 nitrogen and oxygen atoms in total. The van der Waals surface area contributed by atoms with Crippen LogP contribution in [-0.4, -0.2) is 88.9 Å². The predicted octanol–water partition coefficient (Wildman–Crippen LogP) is 13.1. The van der Waals surface area contributed by atoms with Crippen LogP contribution in [-0.2, 0) is 80.1 Å². The first-order valence-corrected chi connectivity index (χ1v) is 29.3. The molecular weight excluding hydrogens is 945 g/mol. The van der Waals surface area contributed by atoms with Gasteiger partial charge in [0.15, 0.2) is 6.29 Å². The highest BCUT2D eigenvalue weighted by Gasteiger charge is 2.57. The molecule has 2 saturated heterocycles. The highest BCUT2D eigenvalue weighted by Crippen LogP contribution is 2.48. The number of fused-ring (bicyclic) bond motifs is 1. The Morgan fingerprint density at radius 3 is 1.51 bits per heavy atom. The quantitative estimate of drug-likeness (QED) is 0.0416. The lowest BCUT2D eigenvalue weighted by atomic mass is 9.82. The molecule has 0 saturated carbocycles. The molecule has 0 spiro atoms.